The van der Waals surface area contributed by atoms with Gasteiger partial charge in [-0.25, -0.2) is 8.42 Å². The number of anilines is 1. The number of methoxy groups -OCH3 is 2. The number of benzene rings is 4. The molecule has 4 aromatic rings. The fraction of sp³-hybridized carbons (Fsp3) is 0.536. The smallest absolute Gasteiger partial charge is 0.303 e. The molecule has 85 heavy (non-hydrogen) atoms. The van der Waals surface area contributed by atoms with Crippen molar-refractivity contribution in [2.75, 3.05) is 138 Å². The number of rotatable bonds is 39. The van der Waals surface area contributed by atoms with E-state index in [1.165, 1.54) is 12.1 Å². The molecule has 0 radical (unpaired) electrons. The van der Waals surface area contributed by atoms with Gasteiger partial charge in [0.25, 0.3) is 30.4 Å². The molecule has 0 aliphatic carbocycles. The van der Waals surface area contributed by atoms with Crippen LogP contribution >= 0.6 is 0 Å². The van der Waals surface area contributed by atoms with Crippen LogP contribution in [-0.4, -0.2) is 206 Å². The third-order valence-corrected chi connectivity index (χ3v) is 17.9. The van der Waals surface area contributed by atoms with Gasteiger partial charge >= 0.3 is 5.97 Å². The topological polar surface area (TPSA) is 347 Å². The molecule has 25 nitrogen and oxygen atoms in total. The van der Waals surface area contributed by atoms with Crippen LogP contribution < -0.4 is 4.90 Å². The summed E-state index contributed by atoms with van der Waals surface area (Å²) >= 11 is 0. The summed E-state index contributed by atoms with van der Waals surface area (Å²) in [5.41, 5.74) is 0.656. The monoisotopic (exact) mass is 1270 g/mol. The number of hydrogen-bond acceptors (Lipinski definition) is 20. The van der Waals surface area contributed by atoms with Crippen molar-refractivity contribution in [2.45, 2.75) is 83.3 Å². The van der Waals surface area contributed by atoms with Crippen LogP contribution in [0.2, 0.25) is 0 Å². The summed E-state index contributed by atoms with van der Waals surface area (Å²) in [7, 11) is -17.4. The van der Waals surface area contributed by atoms with Gasteiger partial charge < -0.3 is 57.2 Å². The predicted octanol–water partition coefficient (Wildman–Crippen LogP) is 5.68. The minimum absolute atomic E-state index is 0.0491. The first-order valence-electron chi connectivity index (χ1n) is 27.3. The van der Waals surface area contributed by atoms with E-state index < -0.39 is 76.9 Å². The highest BCUT2D eigenvalue weighted by molar-refractivity contribution is 7.87. The molecule has 0 amide bonds. The third-order valence-electron chi connectivity index (χ3n) is 14.5. The largest absolute Gasteiger partial charge is 0.744 e. The Bertz CT molecular complexity index is 3550. The molecule has 4 aromatic carbocycles. The van der Waals surface area contributed by atoms with E-state index in [4.69, 9.17) is 42.6 Å². The zero-order valence-corrected chi connectivity index (χ0v) is 51.5. The van der Waals surface area contributed by atoms with Crippen LogP contribution in [0.5, 0.6) is 0 Å². The highest BCUT2D eigenvalue weighted by Crippen LogP contribution is 2.53. The van der Waals surface area contributed by atoms with Crippen LogP contribution in [0.25, 0.3) is 21.5 Å². The number of fused-ring (bicyclic) bond motifs is 6. The summed E-state index contributed by atoms with van der Waals surface area (Å²) in [6.45, 7) is 10.5. The number of carboxylic acid groups (broad SMARTS) is 1. The molecule has 472 valence electrons. The molecule has 1 unspecified atom stereocenters. The van der Waals surface area contributed by atoms with Crippen LogP contribution in [-0.2, 0) is 98.7 Å². The van der Waals surface area contributed by atoms with E-state index in [1.54, 1.807) is 44.6 Å². The van der Waals surface area contributed by atoms with Crippen molar-refractivity contribution in [1.29, 1.82) is 0 Å². The lowest BCUT2D eigenvalue weighted by atomic mass is 9.74. The number of carboxylic acids is 1. The Morgan fingerprint density at radius 3 is 1.54 bits per heavy atom. The Hall–Kier alpha value is -4.90. The lowest BCUT2D eigenvalue weighted by molar-refractivity contribution is -0.442. The summed E-state index contributed by atoms with van der Waals surface area (Å²) < 4.78 is 199. The second kappa shape index (κ2) is 30.8. The summed E-state index contributed by atoms with van der Waals surface area (Å²) in [4.78, 5) is 10.1. The molecule has 29 heteroatoms. The number of carbonyl (C=O) groups is 1. The number of nitrogens with zero attached hydrogens (tertiary/aromatic N) is 2. The first-order valence-corrected chi connectivity index (χ1v) is 33.1. The average molecular weight is 1270 g/mol. The Balaban J connectivity index is 1.46. The Morgan fingerprint density at radius 2 is 1.05 bits per heavy atom. The molecule has 0 aromatic heterocycles. The first-order chi connectivity index (χ1) is 40.2. The molecule has 2 aliphatic heterocycles. The second-order valence-electron chi connectivity index (χ2n) is 20.6. The standard InChI is InChI=1S/C56H76N2O23S4/c1-55(2)50(57(18-8-6-7-12-52(59)60)46-15-13-42-44(53(46)55)36-40(82(61,62)63)38-48(42)84(67,68)69)10-9-11-51-56(3,17-20-75-26-28-79-32-30-77-24-22-73-4)54-45-37-41(83(64,65)66)39-49(85(70,71)72)43(45)14-16-47(54)58(51)19-21-76-27-29-80-34-35-81-33-31-78-25-23-74-5/h9-11,13-16,36-39H,6-8,12,17-35H2,1-5H3,(H4-,59,60,61,62,63,64,65,66,67,68,69,70,71,72). The molecule has 0 fully saturated rings. The van der Waals surface area contributed by atoms with Crippen LogP contribution in [0.3, 0.4) is 0 Å². The second-order valence-corrected chi connectivity index (χ2v) is 26.2. The molecule has 4 N–H and O–H groups in total. The van der Waals surface area contributed by atoms with Gasteiger partial charge in [-0.05, 0) is 90.4 Å². The number of aliphatic carboxylic acids is 1. The third kappa shape index (κ3) is 18.1. The van der Waals surface area contributed by atoms with Gasteiger partial charge in [0, 0.05) is 73.7 Å². The maximum Gasteiger partial charge on any atom is 0.303 e. The van der Waals surface area contributed by atoms with E-state index in [0.717, 1.165) is 12.1 Å². The van der Waals surface area contributed by atoms with E-state index in [1.807, 2.05) is 30.2 Å². The van der Waals surface area contributed by atoms with Gasteiger partial charge in [0.15, 0.2) is 12.3 Å². The van der Waals surface area contributed by atoms with Crippen molar-refractivity contribution in [3.8, 4) is 0 Å². The van der Waals surface area contributed by atoms with Crippen LogP contribution in [0, 0.1) is 0 Å². The van der Waals surface area contributed by atoms with Crippen molar-refractivity contribution >= 4 is 85.1 Å². The lowest BCUT2D eigenvalue weighted by Gasteiger charge is -2.27. The number of hydrogen-bond donors (Lipinski definition) is 4. The fourth-order valence-corrected chi connectivity index (χ4v) is 13.2. The van der Waals surface area contributed by atoms with Crippen molar-refractivity contribution in [1.82, 2.24) is 0 Å². The molecular formula is C56H76N2O23S4. The fourth-order valence-electron chi connectivity index (χ4n) is 10.6. The van der Waals surface area contributed by atoms with Crippen molar-refractivity contribution in [2.24, 2.45) is 0 Å². The van der Waals surface area contributed by atoms with Gasteiger partial charge in [-0.3, -0.25) is 18.5 Å². The first kappa shape index (κ1) is 69.2. The minimum atomic E-state index is -5.31. The maximum absolute atomic E-state index is 13.1. The molecule has 1 atom stereocenters. The average Bonchev–Trinajstić information content (AvgIpc) is 1.65. The number of ether oxygens (including phenoxy) is 9. The van der Waals surface area contributed by atoms with Crippen LogP contribution in [0.4, 0.5) is 11.4 Å². The molecule has 2 heterocycles. The van der Waals surface area contributed by atoms with Gasteiger partial charge in [0.1, 0.15) is 21.6 Å². The molecule has 0 saturated heterocycles. The molecule has 0 spiro atoms. The summed E-state index contributed by atoms with van der Waals surface area (Å²) in [5, 5.41) is 9.37. The van der Waals surface area contributed by atoms with Gasteiger partial charge in [0.05, 0.1) is 113 Å². The van der Waals surface area contributed by atoms with Gasteiger partial charge in [-0.1, -0.05) is 32.4 Å². The SMILES string of the molecule is COCCOCCOCCOCCOCC[N+]1=C(/C=C/C=C2/N(CCCCCC(=O)O)c3ccc4c(S(=O)(=O)[O-])cc(S(=O)(=O)O)cc4c3C2(C)C)C(C)(CCOCCOCCOCCOC)c2c1ccc1c(S(=O)(=O)O)cc(S(=O)(=O)O)cc21. The van der Waals surface area contributed by atoms with Crippen LogP contribution in [0.1, 0.15) is 64.0 Å². The molecule has 6 rings (SSSR count). The summed E-state index contributed by atoms with van der Waals surface area (Å²) in [5.74, 6) is -0.965. The Labute approximate surface area is 496 Å². The summed E-state index contributed by atoms with van der Waals surface area (Å²) in [6, 6.07) is 9.62. The molecule has 0 bridgehead atoms. The van der Waals surface area contributed by atoms with Crippen LogP contribution in [0.15, 0.2) is 92.0 Å². The normalized spacial score (nSPS) is 16.9. The minimum Gasteiger partial charge on any atom is -0.744 e. The Morgan fingerprint density at radius 1 is 0.576 bits per heavy atom. The summed E-state index contributed by atoms with van der Waals surface area (Å²) in [6.07, 6.45) is 6.73. The van der Waals surface area contributed by atoms with Crippen molar-refractivity contribution in [3.63, 3.8) is 0 Å². The van der Waals surface area contributed by atoms with E-state index in [0.29, 0.717) is 118 Å². The molecule has 2 aliphatic rings. The van der Waals surface area contributed by atoms with Gasteiger partial charge in [-0.2, -0.15) is 29.8 Å². The molecular weight excluding hydrogens is 1200 g/mol. The predicted molar refractivity (Wildman–Crippen MR) is 310 cm³/mol. The number of unbranched alkanes of at least 4 members (excludes halogenated alkanes) is 2. The van der Waals surface area contributed by atoms with E-state index in [-0.39, 0.29) is 100 Å². The highest BCUT2D eigenvalue weighted by atomic mass is 32.2. The van der Waals surface area contributed by atoms with E-state index in [2.05, 4.69) is 0 Å². The van der Waals surface area contributed by atoms with Gasteiger partial charge in [0.2, 0.25) is 5.69 Å². The lowest BCUT2D eigenvalue weighted by Crippen LogP contribution is -2.34. The quantitative estimate of drug-likeness (QED) is 0.0237. The Kier molecular flexibility index (Phi) is 25.1. The van der Waals surface area contributed by atoms with Crippen molar-refractivity contribution in [3.05, 3.63) is 83.6 Å². The van der Waals surface area contributed by atoms with Gasteiger partial charge in [-0.15, -0.1) is 0 Å². The van der Waals surface area contributed by atoms with E-state index >= 15 is 0 Å². The van der Waals surface area contributed by atoms with Crippen molar-refractivity contribution < 1.29 is 109 Å². The zero-order valence-electron chi connectivity index (χ0n) is 48.2. The van der Waals surface area contributed by atoms with E-state index in [9.17, 15) is 61.8 Å². The number of allylic oxidation sites excluding steroid dienone is 4. The molecule has 0 saturated carbocycles. The highest BCUT2D eigenvalue weighted by Gasteiger charge is 2.49. The zero-order chi connectivity index (χ0) is 62.2. The maximum atomic E-state index is 13.1.